The number of rotatable bonds is 4. The molecule has 2 aromatic carbocycles. The number of amides is 1. The Balaban J connectivity index is 2.15. The van der Waals surface area contributed by atoms with Crippen LogP contribution in [-0.4, -0.2) is 5.91 Å². The van der Waals surface area contributed by atoms with Crippen molar-refractivity contribution in [1.82, 2.24) is 0 Å². The quantitative estimate of drug-likeness (QED) is 0.358. The van der Waals surface area contributed by atoms with Crippen LogP contribution in [0.15, 0.2) is 48.2 Å². The van der Waals surface area contributed by atoms with E-state index in [9.17, 15) is 10.1 Å². The van der Waals surface area contributed by atoms with Crippen molar-refractivity contribution >= 4 is 63.1 Å². The smallest absolute Gasteiger partial charge is 0.267 e. The zero-order valence-corrected chi connectivity index (χ0v) is 16.2. The van der Waals surface area contributed by atoms with Gasteiger partial charge in [-0.1, -0.05) is 23.2 Å². The van der Waals surface area contributed by atoms with E-state index in [1.54, 1.807) is 24.3 Å². The number of nitriles is 1. The Morgan fingerprint density at radius 1 is 1.21 bits per heavy atom. The number of halogens is 3. The number of carbonyl (C=O) groups is 1. The standard InChI is InChI=1S/C17H12Cl2IN3O/c1-10-4-14(20)2-3-16(10)23-17(24)11(8-21)9-22-15-6-12(18)5-13(19)7-15/h2-7,9,22H,1H3,(H,23,24)/b11-9-. The summed E-state index contributed by atoms with van der Waals surface area (Å²) in [6.45, 7) is 1.89. The van der Waals surface area contributed by atoms with E-state index < -0.39 is 5.91 Å². The van der Waals surface area contributed by atoms with E-state index in [0.29, 0.717) is 21.4 Å². The van der Waals surface area contributed by atoms with Crippen LogP contribution in [0.5, 0.6) is 0 Å². The number of hydrogen-bond donors (Lipinski definition) is 2. The highest BCUT2D eigenvalue weighted by Crippen LogP contribution is 2.23. The highest BCUT2D eigenvalue weighted by Gasteiger charge is 2.11. The van der Waals surface area contributed by atoms with E-state index in [1.165, 1.54) is 6.20 Å². The predicted octanol–water partition coefficient (Wildman–Crippen LogP) is 5.36. The van der Waals surface area contributed by atoms with Crippen LogP contribution in [0.1, 0.15) is 5.56 Å². The Bertz CT molecular complexity index is 839. The van der Waals surface area contributed by atoms with Gasteiger partial charge in [0.05, 0.1) is 0 Å². The maximum atomic E-state index is 12.2. The van der Waals surface area contributed by atoms with Crippen LogP contribution >= 0.6 is 45.8 Å². The number of hydrogen-bond acceptors (Lipinski definition) is 3. The Morgan fingerprint density at radius 3 is 2.46 bits per heavy atom. The Labute approximate surface area is 163 Å². The molecule has 0 saturated heterocycles. The largest absolute Gasteiger partial charge is 0.360 e. The van der Waals surface area contributed by atoms with Crippen LogP contribution in [-0.2, 0) is 4.79 Å². The van der Waals surface area contributed by atoms with Crippen molar-refractivity contribution < 1.29 is 4.79 Å². The first-order valence-corrected chi connectivity index (χ1v) is 8.63. The summed E-state index contributed by atoms with van der Waals surface area (Å²) in [5.41, 5.74) is 2.09. The minimum atomic E-state index is -0.498. The summed E-state index contributed by atoms with van der Waals surface area (Å²) >= 11 is 14.0. The van der Waals surface area contributed by atoms with Gasteiger partial charge in [-0.05, 0) is 71.5 Å². The maximum absolute atomic E-state index is 12.2. The van der Waals surface area contributed by atoms with E-state index in [1.807, 2.05) is 25.1 Å². The lowest BCUT2D eigenvalue weighted by Gasteiger charge is -2.08. The fourth-order valence-corrected chi connectivity index (χ4v) is 3.07. The van der Waals surface area contributed by atoms with Crippen LogP contribution < -0.4 is 10.6 Å². The number of aryl methyl sites for hydroxylation is 1. The number of carbonyl (C=O) groups excluding carboxylic acids is 1. The first-order valence-electron chi connectivity index (χ1n) is 6.79. The predicted molar refractivity (Wildman–Crippen MR) is 106 cm³/mol. The van der Waals surface area contributed by atoms with E-state index >= 15 is 0 Å². The molecule has 0 fully saturated rings. The molecule has 1 amide bonds. The minimum Gasteiger partial charge on any atom is -0.360 e. The van der Waals surface area contributed by atoms with Crippen LogP contribution in [0.3, 0.4) is 0 Å². The van der Waals surface area contributed by atoms with Gasteiger partial charge < -0.3 is 10.6 Å². The van der Waals surface area contributed by atoms with Crippen molar-refractivity contribution in [2.45, 2.75) is 6.92 Å². The second kappa shape index (κ2) is 8.38. The minimum absolute atomic E-state index is 0.0657. The van der Waals surface area contributed by atoms with E-state index in [4.69, 9.17) is 23.2 Å². The monoisotopic (exact) mass is 471 g/mol. The molecule has 2 aromatic rings. The molecule has 0 heterocycles. The van der Waals surface area contributed by atoms with Crippen molar-refractivity contribution in [3.8, 4) is 6.07 Å². The summed E-state index contributed by atoms with van der Waals surface area (Å²) in [7, 11) is 0. The van der Waals surface area contributed by atoms with Gasteiger partial charge in [-0.25, -0.2) is 0 Å². The van der Waals surface area contributed by atoms with Gasteiger partial charge >= 0.3 is 0 Å². The fraction of sp³-hybridized carbons (Fsp3) is 0.0588. The topological polar surface area (TPSA) is 64.9 Å². The molecule has 0 saturated carbocycles. The van der Waals surface area contributed by atoms with Gasteiger partial charge in [-0.3, -0.25) is 4.79 Å². The summed E-state index contributed by atoms with van der Waals surface area (Å²) in [5, 5.41) is 15.7. The molecule has 0 aliphatic rings. The zero-order chi connectivity index (χ0) is 17.7. The fourth-order valence-electron chi connectivity index (χ4n) is 1.90. The molecule has 0 atom stereocenters. The first-order chi connectivity index (χ1) is 11.4. The molecule has 122 valence electrons. The molecular weight excluding hydrogens is 460 g/mol. The van der Waals surface area contributed by atoms with Crippen LogP contribution in [0.25, 0.3) is 0 Å². The lowest BCUT2D eigenvalue weighted by Crippen LogP contribution is -2.15. The SMILES string of the molecule is Cc1cc(I)ccc1NC(=O)/C(C#N)=C\Nc1cc(Cl)cc(Cl)c1. The second-order valence-electron chi connectivity index (χ2n) is 4.89. The van der Waals surface area contributed by atoms with Crippen molar-refractivity contribution in [2.75, 3.05) is 10.6 Å². The van der Waals surface area contributed by atoms with Gasteiger partial charge in [0.15, 0.2) is 0 Å². The molecule has 0 bridgehead atoms. The molecule has 0 unspecified atom stereocenters. The van der Waals surface area contributed by atoms with Gasteiger partial charge in [-0.2, -0.15) is 5.26 Å². The third-order valence-electron chi connectivity index (χ3n) is 3.05. The molecular formula is C17H12Cl2IN3O. The molecule has 7 heteroatoms. The number of benzene rings is 2. The molecule has 0 aliphatic heterocycles. The molecule has 2 N–H and O–H groups in total. The zero-order valence-electron chi connectivity index (χ0n) is 12.5. The van der Waals surface area contributed by atoms with Crippen LogP contribution in [0, 0.1) is 21.8 Å². The summed E-state index contributed by atoms with van der Waals surface area (Å²) < 4.78 is 1.07. The van der Waals surface area contributed by atoms with E-state index in [0.717, 1.165) is 9.13 Å². The summed E-state index contributed by atoms with van der Waals surface area (Å²) in [6, 6.07) is 12.4. The van der Waals surface area contributed by atoms with Gasteiger partial charge in [0, 0.05) is 31.2 Å². The summed E-state index contributed by atoms with van der Waals surface area (Å²) in [4.78, 5) is 12.2. The molecule has 24 heavy (non-hydrogen) atoms. The third kappa shape index (κ3) is 5.13. The van der Waals surface area contributed by atoms with E-state index in [2.05, 4.69) is 33.2 Å². The molecule has 4 nitrogen and oxygen atoms in total. The van der Waals surface area contributed by atoms with Gasteiger partial charge in [0.2, 0.25) is 0 Å². The lowest BCUT2D eigenvalue weighted by molar-refractivity contribution is -0.112. The van der Waals surface area contributed by atoms with Gasteiger partial charge in [-0.15, -0.1) is 0 Å². The number of nitrogens with zero attached hydrogens (tertiary/aromatic N) is 1. The highest BCUT2D eigenvalue weighted by atomic mass is 127. The normalized spacial score (nSPS) is 10.9. The average Bonchev–Trinajstić information content (AvgIpc) is 2.50. The van der Waals surface area contributed by atoms with Crippen LogP contribution in [0.2, 0.25) is 10.0 Å². The molecule has 0 aromatic heterocycles. The molecule has 2 rings (SSSR count). The van der Waals surface area contributed by atoms with Crippen LogP contribution in [0.4, 0.5) is 11.4 Å². The Kier molecular flexibility index (Phi) is 6.49. The van der Waals surface area contributed by atoms with E-state index in [-0.39, 0.29) is 5.57 Å². The van der Waals surface area contributed by atoms with Gasteiger partial charge in [0.25, 0.3) is 5.91 Å². The highest BCUT2D eigenvalue weighted by molar-refractivity contribution is 14.1. The molecule has 0 spiro atoms. The number of anilines is 2. The Hall–Kier alpha value is -1.75. The van der Waals surface area contributed by atoms with Crippen molar-refractivity contribution in [3.05, 3.63) is 67.4 Å². The van der Waals surface area contributed by atoms with Gasteiger partial charge in [0.1, 0.15) is 11.6 Å². The first kappa shape index (κ1) is 18.6. The van der Waals surface area contributed by atoms with Crippen molar-refractivity contribution in [3.63, 3.8) is 0 Å². The molecule has 0 radical (unpaired) electrons. The third-order valence-corrected chi connectivity index (χ3v) is 4.15. The summed E-state index contributed by atoms with van der Waals surface area (Å²) in [6.07, 6.45) is 1.32. The number of nitrogens with one attached hydrogen (secondary N) is 2. The van der Waals surface area contributed by atoms with Crippen molar-refractivity contribution in [2.24, 2.45) is 0 Å². The van der Waals surface area contributed by atoms with Crippen molar-refractivity contribution in [1.29, 1.82) is 5.26 Å². The average molecular weight is 472 g/mol. The summed E-state index contributed by atoms with van der Waals surface area (Å²) in [5.74, 6) is -0.498. The Morgan fingerprint density at radius 2 is 1.88 bits per heavy atom. The molecule has 0 aliphatic carbocycles. The second-order valence-corrected chi connectivity index (χ2v) is 7.00. The maximum Gasteiger partial charge on any atom is 0.267 e. The lowest BCUT2D eigenvalue weighted by atomic mass is 10.2.